The second-order valence-corrected chi connectivity index (χ2v) is 9.73. The van der Waals surface area contributed by atoms with Gasteiger partial charge in [-0.2, -0.15) is 5.26 Å². The van der Waals surface area contributed by atoms with Crippen LogP contribution in [0.25, 0.3) is 0 Å². The highest BCUT2D eigenvalue weighted by Gasteiger charge is 2.34. The number of fused-ring (bicyclic) bond motifs is 1. The Hall–Kier alpha value is -1.74. The van der Waals surface area contributed by atoms with Gasteiger partial charge in [0.2, 0.25) is 0 Å². The molecule has 0 aliphatic heterocycles. The molecule has 28 heavy (non-hydrogen) atoms. The number of carbonyl (C=O) groups excluding carboxylic acids is 1. The number of carbonyl (C=O) groups is 1. The number of benzene rings is 1. The molecule has 2 amide bonds. The Morgan fingerprint density at radius 3 is 2.71 bits per heavy atom. The Morgan fingerprint density at radius 1 is 1.32 bits per heavy atom. The van der Waals surface area contributed by atoms with Crippen molar-refractivity contribution in [1.82, 2.24) is 0 Å². The van der Waals surface area contributed by atoms with Crippen LogP contribution < -0.4 is 10.6 Å². The van der Waals surface area contributed by atoms with E-state index in [9.17, 15) is 10.1 Å². The Morgan fingerprint density at radius 2 is 2.07 bits per heavy atom. The van der Waals surface area contributed by atoms with Crippen molar-refractivity contribution in [3.63, 3.8) is 0 Å². The zero-order chi connectivity index (χ0) is 20.5. The topological polar surface area (TPSA) is 64.9 Å². The maximum Gasteiger partial charge on any atom is 0.324 e. The molecule has 3 rings (SSSR count). The second-order valence-electron chi connectivity index (χ2n) is 7.81. The van der Waals surface area contributed by atoms with Crippen molar-refractivity contribution in [1.29, 1.82) is 5.26 Å². The van der Waals surface area contributed by atoms with Crippen LogP contribution in [0.4, 0.5) is 15.5 Å². The first-order valence-corrected chi connectivity index (χ1v) is 10.9. The number of amides is 2. The number of thiophene rings is 1. The zero-order valence-electron chi connectivity index (χ0n) is 16.2. The molecule has 1 aliphatic carbocycles. The van der Waals surface area contributed by atoms with Gasteiger partial charge in [-0.05, 0) is 54.4 Å². The predicted octanol–water partition coefficient (Wildman–Crippen LogP) is 7.11. The molecule has 2 aromatic rings. The summed E-state index contributed by atoms with van der Waals surface area (Å²) in [5.41, 5.74) is 2.50. The average molecular weight is 436 g/mol. The Kier molecular flexibility index (Phi) is 6.24. The summed E-state index contributed by atoms with van der Waals surface area (Å²) in [4.78, 5) is 13.6. The molecule has 0 spiro atoms. The molecule has 148 valence electrons. The van der Waals surface area contributed by atoms with E-state index in [0.29, 0.717) is 32.2 Å². The molecule has 1 heterocycles. The minimum Gasteiger partial charge on any atom is -0.308 e. The molecule has 1 atom stereocenters. The number of hydrogen-bond acceptors (Lipinski definition) is 3. The molecular weight excluding hydrogens is 413 g/mol. The molecular formula is C21H23Cl2N3OS. The van der Waals surface area contributed by atoms with E-state index >= 15 is 0 Å². The van der Waals surface area contributed by atoms with E-state index in [4.69, 9.17) is 23.2 Å². The van der Waals surface area contributed by atoms with Gasteiger partial charge >= 0.3 is 6.03 Å². The molecule has 0 unspecified atom stereocenters. The van der Waals surface area contributed by atoms with E-state index in [0.717, 1.165) is 31.2 Å². The van der Waals surface area contributed by atoms with Crippen LogP contribution in [0.2, 0.25) is 10.0 Å². The summed E-state index contributed by atoms with van der Waals surface area (Å²) >= 11 is 13.4. The van der Waals surface area contributed by atoms with Gasteiger partial charge in [-0.1, -0.05) is 50.4 Å². The third-order valence-corrected chi connectivity index (χ3v) is 7.71. The van der Waals surface area contributed by atoms with Crippen molar-refractivity contribution in [2.75, 3.05) is 10.6 Å². The third-order valence-electron chi connectivity index (χ3n) is 5.80. The fraction of sp³-hybridized carbons (Fsp3) is 0.429. The molecule has 0 fully saturated rings. The van der Waals surface area contributed by atoms with Gasteiger partial charge in [0.1, 0.15) is 11.1 Å². The molecule has 0 saturated carbocycles. The van der Waals surface area contributed by atoms with E-state index in [1.54, 1.807) is 18.2 Å². The highest BCUT2D eigenvalue weighted by molar-refractivity contribution is 7.16. The van der Waals surface area contributed by atoms with Crippen molar-refractivity contribution >= 4 is 51.3 Å². The van der Waals surface area contributed by atoms with Crippen LogP contribution in [0.1, 0.15) is 49.6 Å². The molecule has 1 aliphatic rings. The summed E-state index contributed by atoms with van der Waals surface area (Å²) in [6, 6.07) is 6.77. The first-order valence-electron chi connectivity index (χ1n) is 9.32. The summed E-state index contributed by atoms with van der Waals surface area (Å²) in [5.74, 6) is 0.591. The summed E-state index contributed by atoms with van der Waals surface area (Å²) in [6.45, 7) is 6.85. The first-order chi connectivity index (χ1) is 13.2. The fourth-order valence-electron chi connectivity index (χ4n) is 3.59. The largest absolute Gasteiger partial charge is 0.324 e. The standard InChI is InChI=1S/C21H23Cl2N3OS/c1-4-21(2,3)12-5-7-14-15(11-24)19(28-18(14)9-12)26-20(27)25-13-6-8-16(22)17(23)10-13/h6,8,10,12H,4-5,7,9H2,1-3H3,(H2,25,26,27)/t12-/m1/s1. The van der Waals surface area contributed by atoms with Crippen LogP contribution in [0.5, 0.6) is 0 Å². The Labute approximate surface area is 179 Å². The quantitative estimate of drug-likeness (QED) is 0.536. The van der Waals surface area contributed by atoms with E-state index in [1.807, 2.05) is 0 Å². The smallest absolute Gasteiger partial charge is 0.308 e. The summed E-state index contributed by atoms with van der Waals surface area (Å²) in [6.07, 6.45) is 4.05. The van der Waals surface area contributed by atoms with Crippen LogP contribution in [-0.4, -0.2) is 6.03 Å². The number of anilines is 2. The van der Waals surface area contributed by atoms with Crippen molar-refractivity contribution in [2.24, 2.45) is 11.3 Å². The second kappa shape index (κ2) is 8.32. The van der Waals surface area contributed by atoms with E-state index in [1.165, 1.54) is 16.2 Å². The van der Waals surface area contributed by atoms with Crippen molar-refractivity contribution in [2.45, 2.75) is 46.5 Å². The molecule has 1 aromatic carbocycles. The van der Waals surface area contributed by atoms with Crippen LogP contribution in [0, 0.1) is 22.7 Å². The number of hydrogen-bond donors (Lipinski definition) is 2. The van der Waals surface area contributed by atoms with E-state index in [-0.39, 0.29) is 5.41 Å². The van der Waals surface area contributed by atoms with Crippen LogP contribution >= 0.6 is 34.5 Å². The lowest BCUT2D eigenvalue weighted by molar-refractivity contribution is 0.184. The van der Waals surface area contributed by atoms with Gasteiger partial charge in [0.15, 0.2) is 0 Å². The fourth-order valence-corrected chi connectivity index (χ4v) is 5.16. The molecule has 0 saturated heterocycles. The van der Waals surface area contributed by atoms with Gasteiger partial charge in [-0.3, -0.25) is 5.32 Å². The SMILES string of the molecule is CCC(C)(C)[C@@H]1CCc2c(sc(NC(=O)Nc3ccc(Cl)c(Cl)c3)c2C#N)C1. The van der Waals surface area contributed by atoms with Crippen LogP contribution in [0.15, 0.2) is 18.2 Å². The van der Waals surface area contributed by atoms with Crippen molar-refractivity contribution < 1.29 is 4.79 Å². The van der Waals surface area contributed by atoms with Crippen LogP contribution in [-0.2, 0) is 12.8 Å². The van der Waals surface area contributed by atoms with Crippen LogP contribution in [0.3, 0.4) is 0 Å². The maximum atomic E-state index is 12.4. The van der Waals surface area contributed by atoms with Gasteiger partial charge in [0.25, 0.3) is 0 Å². The van der Waals surface area contributed by atoms with Gasteiger partial charge in [0, 0.05) is 10.6 Å². The number of nitriles is 1. The number of halogens is 2. The lowest BCUT2D eigenvalue weighted by Gasteiger charge is -2.36. The molecule has 4 nitrogen and oxygen atoms in total. The highest BCUT2D eigenvalue weighted by Crippen LogP contribution is 2.45. The van der Waals surface area contributed by atoms with Gasteiger partial charge in [0.05, 0.1) is 15.6 Å². The summed E-state index contributed by atoms with van der Waals surface area (Å²) in [7, 11) is 0. The summed E-state index contributed by atoms with van der Waals surface area (Å²) < 4.78 is 0. The first kappa shape index (κ1) is 21.0. The van der Waals surface area contributed by atoms with Gasteiger partial charge in [-0.15, -0.1) is 11.3 Å². The zero-order valence-corrected chi connectivity index (χ0v) is 18.5. The molecule has 1 aromatic heterocycles. The minimum absolute atomic E-state index is 0.271. The van der Waals surface area contributed by atoms with Crippen molar-refractivity contribution in [3.05, 3.63) is 44.2 Å². The number of rotatable bonds is 4. The van der Waals surface area contributed by atoms with Gasteiger partial charge < -0.3 is 5.32 Å². The predicted molar refractivity (Wildman–Crippen MR) is 118 cm³/mol. The molecule has 7 heteroatoms. The lowest BCUT2D eigenvalue weighted by Crippen LogP contribution is -2.28. The maximum absolute atomic E-state index is 12.4. The van der Waals surface area contributed by atoms with E-state index < -0.39 is 6.03 Å². The van der Waals surface area contributed by atoms with Gasteiger partial charge in [-0.25, -0.2) is 4.79 Å². The Bertz CT molecular complexity index is 946. The molecule has 0 bridgehead atoms. The number of nitrogens with zero attached hydrogens (tertiary/aromatic N) is 1. The number of nitrogens with one attached hydrogen (secondary N) is 2. The lowest BCUT2D eigenvalue weighted by atomic mass is 9.69. The minimum atomic E-state index is -0.404. The number of urea groups is 1. The van der Waals surface area contributed by atoms with E-state index in [2.05, 4.69) is 37.5 Å². The monoisotopic (exact) mass is 435 g/mol. The molecule has 2 N–H and O–H groups in total. The third kappa shape index (κ3) is 4.30. The normalized spacial score (nSPS) is 16.2. The highest BCUT2D eigenvalue weighted by atomic mass is 35.5. The molecule has 0 radical (unpaired) electrons. The van der Waals surface area contributed by atoms with Crippen molar-refractivity contribution in [3.8, 4) is 6.07 Å². The summed E-state index contributed by atoms with van der Waals surface area (Å²) in [5, 5.41) is 16.6. The average Bonchev–Trinajstić information content (AvgIpc) is 3.00. The Balaban J connectivity index is 1.77.